The van der Waals surface area contributed by atoms with E-state index in [1.165, 1.54) is 70.6 Å². The Morgan fingerprint density at radius 3 is 2.24 bits per heavy atom. The summed E-state index contributed by atoms with van der Waals surface area (Å²) >= 11 is 8.10. The van der Waals surface area contributed by atoms with Gasteiger partial charge < -0.3 is 10.1 Å². The van der Waals surface area contributed by atoms with E-state index < -0.39 is 0 Å². The Kier molecular flexibility index (Phi) is 13.6. The van der Waals surface area contributed by atoms with Gasteiger partial charge in [0.1, 0.15) is 5.75 Å². The number of unbranched alkanes of at least 4 members (excludes halogenated alkanes) is 11. The summed E-state index contributed by atoms with van der Waals surface area (Å²) in [6, 6.07) is 13.2. The fraction of sp³-hybridized carbons (Fsp3) is 0.484. The Balaban J connectivity index is 1.34. The molecule has 0 spiro atoms. The number of halogens is 1. The van der Waals surface area contributed by atoms with Gasteiger partial charge in [0.15, 0.2) is 12.7 Å². The summed E-state index contributed by atoms with van der Waals surface area (Å²) < 4.78 is 7.98. The molecule has 0 aliphatic rings. The number of carbonyl (C=O) groups is 1. The number of ether oxygens (including phenoxy) is 1. The number of nitrogens with zero attached hydrogens (tertiary/aromatic N) is 1. The number of aromatic nitrogens is 1. The first-order valence-corrected chi connectivity index (χ1v) is 15.2. The Labute approximate surface area is 232 Å². The summed E-state index contributed by atoms with van der Waals surface area (Å²) in [6.45, 7) is 3.64. The molecule has 4 nitrogen and oxygen atoms in total. The molecule has 0 bridgehead atoms. The van der Waals surface area contributed by atoms with E-state index in [2.05, 4.69) is 16.8 Å². The Morgan fingerprint density at radius 1 is 0.919 bits per heavy atom. The quantitative estimate of drug-likeness (QED) is 0.129. The Hall–Kier alpha value is -2.37. The van der Waals surface area contributed by atoms with E-state index in [-0.39, 0.29) is 5.91 Å². The van der Waals surface area contributed by atoms with Gasteiger partial charge in [0.05, 0.1) is 28.3 Å². The first-order valence-electron chi connectivity index (χ1n) is 13.9. The van der Waals surface area contributed by atoms with Gasteiger partial charge in [-0.05, 0) is 30.7 Å². The molecule has 1 heterocycles. The molecule has 3 rings (SSSR count). The van der Waals surface area contributed by atoms with Crippen LogP contribution < -0.4 is 14.6 Å². The highest BCUT2D eigenvalue weighted by Crippen LogP contribution is 2.25. The van der Waals surface area contributed by atoms with Gasteiger partial charge in [0, 0.05) is 5.56 Å². The molecule has 0 atom stereocenters. The van der Waals surface area contributed by atoms with E-state index >= 15 is 0 Å². The zero-order chi connectivity index (χ0) is 26.1. The van der Waals surface area contributed by atoms with E-state index in [0.717, 1.165) is 17.7 Å². The number of rotatable bonds is 18. The lowest BCUT2D eigenvalue weighted by atomic mass is 10.1. The molecule has 6 heteroatoms. The summed E-state index contributed by atoms with van der Waals surface area (Å²) in [4.78, 5) is 12.9. The molecular formula is C31H42ClN2O2S+. The number of anilines is 1. The van der Waals surface area contributed by atoms with E-state index in [0.29, 0.717) is 29.5 Å². The van der Waals surface area contributed by atoms with Crippen LogP contribution in [0.3, 0.4) is 0 Å². The first kappa shape index (κ1) is 29.2. The van der Waals surface area contributed by atoms with Gasteiger partial charge >= 0.3 is 0 Å². The van der Waals surface area contributed by atoms with Crippen LogP contribution in [0.25, 0.3) is 0 Å². The second-order valence-corrected chi connectivity index (χ2v) is 10.9. The van der Waals surface area contributed by atoms with Crippen molar-refractivity contribution in [2.75, 3.05) is 11.9 Å². The average Bonchev–Trinajstić information content (AvgIpc) is 3.41. The number of hydrogen-bond donors (Lipinski definition) is 1. The van der Waals surface area contributed by atoms with Crippen LogP contribution in [0, 0.1) is 0 Å². The maximum absolute atomic E-state index is 12.9. The summed E-state index contributed by atoms with van der Waals surface area (Å²) in [7, 11) is 0. The molecule has 0 aliphatic carbocycles. The molecule has 0 radical (unpaired) electrons. The molecule has 37 heavy (non-hydrogen) atoms. The van der Waals surface area contributed by atoms with E-state index in [1.54, 1.807) is 23.5 Å². The number of para-hydroxylation sites is 1. The number of amides is 1. The zero-order valence-electron chi connectivity index (χ0n) is 22.2. The van der Waals surface area contributed by atoms with Crippen LogP contribution in [0.5, 0.6) is 5.75 Å². The standard InChI is InChI=1S/C31H41ClN2O2S/c1-2-3-4-5-6-7-8-9-10-11-12-15-21-36-27-18-19-28(29(32)23-27)31(35)33-30-17-14-13-16-26(30)24-34-20-22-37-25-34/h13-14,16-20,22-23,25H,2-12,15,21,24H2,1H3/p+1. The minimum absolute atomic E-state index is 0.222. The van der Waals surface area contributed by atoms with Crippen molar-refractivity contribution < 1.29 is 14.1 Å². The third-order valence-corrected chi connectivity index (χ3v) is 7.58. The lowest BCUT2D eigenvalue weighted by Gasteiger charge is -2.11. The van der Waals surface area contributed by atoms with Crippen LogP contribution in [0.4, 0.5) is 5.69 Å². The van der Waals surface area contributed by atoms with Crippen LogP contribution in [0.2, 0.25) is 5.02 Å². The van der Waals surface area contributed by atoms with Crippen molar-refractivity contribution in [1.82, 2.24) is 0 Å². The fourth-order valence-electron chi connectivity index (χ4n) is 4.42. The van der Waals surface area contributed by atoms with Crippen molar-refractivity contribution in [2.45, 2.75) is 90.5 Å². The summed E-state index contributed by atoms with van der Waals surface area (Å²) in [5.74, 6) is 0.485. The normalized spacial score (nSPS) is 11.0. The van der Waals surface area contributed by atoms with Gasteiger partial charge in [-0.1, -0.05) is 119 Å². The summed E-state index contributed by atoms with van der Waals surface area (Å²) in [5, 5.41) is 5.45. The van der Waals surface area contributed by atoms with Gasteiger partial charge in [-0.15, -0.1) is 0 Å². The zero-order valence-corrected chi connectivity index (χ0v) is 23.8. The van der Waals surface area contributed by atoms with E-state index in [9.17, 15) is 4.79 Å². The van der Waals surface area contributed by atoms with Crippen molar-refractivity contribution in [3.8, 4) is 5.75 Å². The first-order chi connectivity index (χ1) is 18.2. The smallest absolute Gasteiger partial charge is 0.257 e. The number of thiazole rings is 1. The van der Waals surface area contributed by atoms with Crippen LogP contribution in [0.15, 0.2) is 59.6 Å². The molecule has 0 unspecified atom stereocenters. The lowest BCUT2D eigenvalue weighted by Crippen LogP contribution is -2.31. The molecule has 0 saturated carbocycles. The van der Waals surface area contributed by atoms with Crippen molar-refractivity contribution in [3.05, 3.63) is 75.7 Å². The minimum Gasteiger partial charge on any atom is -0.494 e. The van der Waals surface area contributed by atoms with Crippen molar-refractivity contribution >= 4 is 34.5 Å². The Bertz CT molecular complexity index is 1060. The maximum Gasteiger partial charge on any atom is 0.257 e. The molecule has 0 fully saturated rings. The van der Waals surface area contributed by atoms with Crippen LogP contribution in [0.1, 0.15) is 99.9 Å². The average molecular weight is 542 g/mol. The molecule has 1 amide bonds. The summed E-state index contributed by atoms with van der Waals surface area (Å²) in [5.41, 5.74) is 4.32. The third-order valence-electron chi connectivity index (χ3n) is 6.60. The predicted molar refractivity (Wildman–Crippen MR) is 156 cm³/mol. The van der Waals surface area contributed by atoms with Crippen molar-refractivity contribution in [2.24, 2.45) is 0 Å². The van der Waals surface area contributed by atoms with Gasteiger partial charge in [-0.3, -0.25) is 4.79 Å². The molecule has 1 N–H and O–H groups in total. The molecule has 3 aromatic rings. The molecule has 200 valence electrons. The highest BCUT2D eigenvalue weighted by atomic mass is 35.5. The second kappa shape index (κ2) is 17.2. The minimum atomic E-state index is -0.222. The number of hydrogen-bond acceptors (Lipinski definition) is 3. The highest BCUT2D eigenvalue weighted by molar-refractivity contribution is 7.07. The highest BCUT2D eigenvalue weighted by Gasteiger charge is 2.15. The van der Waals surface area contributed by atoms with Crippen molar-refractivity contribution in [1.29, 1.82) is 0 Å². The predicted octanol–water partition coefficient (Wildman–Crippen LogP) is 9.07. The van der Waals surface area contributed by atoms with Gasteiger partial charge in [-0.25, -0.2) is 0 Å². The monoisotopic (exact) mass is 541 g/mol. The number of nitrogens with one attached hydrogen (secondary N) is 1. The van der Waals surface area contributed by atoms with Gasteiger partial charge in [0.2, 0.25) is 5.51 Å². The van der Waals surface area contributed by atoms with Crippen molar-refractivity contribution in [3.63, 3.8) is 0 Å². The fourth-order valence-corrected chi connectivity index (χ4v) is 5.28. The third kappa shape index (κ3) is 10.9. The van der Waals surface area contributed by atoms with Crippen LogP contribution in [-0.2, 0) is 6.54 Å². The molecule has 1 aromatic heterocycles. The maximum atomic E-state index is 12.9. The summed E-state index contributed by atoms with van der Waals surface area (Å²) in [6.07, 6.45) is 17.9. The van der Waals surface area contributed by atoms with Crippen LogP contribution in [-0.4, -0.2) is 12.5 Å². The molecular weight excluding hydrogens is 500 g/mol. The molecule has 0 aliphatic heterocycles. The second-order valence-electron chi connectivity index (χ2n) is 9.69. The van der Waals surface area contributed by atoms with E-state index in [1.807, 2.05) is 47.4 Å². The largest absolute Gasteiger partial charge is 0.494 e. The lowest BCUT2D eigenvalue weighted by molar-refractivity contribution is -0.683. The topological polar surface area (TPSA) is 42.2 Å². The molecule has 0 saturated heterocycles. The number of carbonyl (C=O) groups excluding carboxylic acids is 1. The SMILES string of the molecule is CCCCCCCCCCCCCCOc1ccc(C(=O)Nc2ccccc2C[n+]2ccsc2)c(Cl)c1. The Morgan fingerprint density at radius 2 is 1.59 bits per heavy atom. The van der Waals surface area contributed by atoms with E-state index in [4.69, 9.17) is 16.3 Å². The number of benzene rings is 2. The van der Waals surface area contributed by atoms with Crippen LogP contribution >= 0.6 is 22.9 Å². The van der Waals surface area contributed by atoms with Gasteiger partial charge in [0.25, 0.3) is 5.91 Å². The molecule has 2 aromatic carbocycles. The van der Waals surface area contributed by atoms with Gasteiger partial charge in [-0.2, -0.15) is 4.57 Å².